The molecule has 0 fully saturated rings. The Balaban J connectivity index is 2.65. The van der Waals surface area contributed by atoms with E-state index in [9.17, 15) is 9.90 Å². The first-order chi connectivity index (χ1) is 8.97. The van der Waals surface area contributed by atoms with Crippen molar-refractivity contribution in [1.82, 2.24) is 4.90 Å². The topological polar surface area (TPSA) is 49.8 Å². The number of benzene rings is 1. The maximum absolute atomic E-state index is 11.7. The van der Waals surface area contributed by atoms with E-state index in [0.717, 1.165) is 6.42 Å². The summed E-state index contributed by atoms with van der Waals surface area (Å²) in [5, 5.41) is 10.6. The van der Waals surface area contributed by atoms with Crippen molar-refractivity contribution in [3.05, 3.63) is 34.9 Å². The third kappa shape index (κ3) is 4.40. The van der Waals surface area contributed by atoms with Gasteiger partial charge >= 0.3 is 6.09 Å². The summed E-state index contributed by atoms with van der Waals surface area (Å²) >= 11 is 6.00. The maximum atomic E-state index is 11.7. The number of nitrogens with zero attached hydrogens (tertiary/aromatic N) is 1. The molecule has 0 saturated heterocycles. The van der Waals surface area contributed by atoms with E-state index >= 15 is 0 Å². The lowest BCUT2D eigenvalue weighted by atomic mass is 10.1. The number of hydrogen-bond acceptors (Lipinski definition) is 3. The fraction of sp³-hybridized carbons (Fsp3) is 0.500. The van der Waals surface area contributed by atoms with Gasteiger partial charge in [-0.15, -0.1) is 0 Å². The molecule has 0 heterocycles. The number of halogens is 1. The fourth-order valence-corrected chi connectivity index (χ4v) is 1.96. The molecule has 1 aromatic rings. The van der Waals surface area contributed by atoms with E-state index in [1.165, 1.54) is 4.90 Å². The first-order valence-electron chi connectivity index (χ1n) is 6.31. The molecule has 0 aliphatic rings. The van der Waals surface area contributed by atoms with Crippen LogP contribution in [-0.2, 0) is 4.74 Å². The molecule has 1 rings (SSSR count). The second-order valence-electron chi connectivity index (χ2n) is 4.48. The number of ether oxygens (including phenoxy) is 1. The van der Waals surface area contributed by atoms with E-state index in [1.807, 2.05) is 6.92 Å². The normalized spacial score (nSPS) is 13.7. The number of aliphatic hydroxyl groups excluding tert-OH is 1. The smallest absolute Gasteiger partial charge is 0.409 e. The SMILES string of the molecule is CCCN(C)C(=O)O[C@@H](C)[C@@H](O)c1ccccc1Cl. The molecule has 0 unspecified atom stereocenters. The lowest BCUT2D eigenvalue weighted by molar-refractivity contribution is -0.000765. The van der Waals surface area contributed by atoms with Crippen LogP contribution in [0.5, 0.6) is 0 Å². The molecule has 5 heteroatoms. The van der Waals surface area contributed by atoms with Crippen LogP contribution in [-0.4, -0.2) is 35.8 Å². The average Bonchev–Trinajstić information content (AvgIpc) is 2.38. The van der Waals surface area contributed by atoms with Gasteiger partial charge in [0.2, 0.25) is 0 Å². The van der Waals surface area contributed by atoms with Crippen molar-refractivity contribution in [3.63, 3.8) is 0 Å². The second-order valence-corrected chi connectivity index (χ2v) is 4.88. The standard InChI is InChI=1S/C14H20ClNO3/c1-4-9-16(3)14(18)19-10(2)13(17)11-7-5-6-8-12(11)15/h5-8,10,13,17H,4,9H2,1-3H3/t10-,13+/m0/s1. The molecule has 2 atom stereocenters. The minimum Gasteiger partial charge on any atom is -0.443 e. The summed E-state index contributed by atoms with van der Waals surface area (Å²) in [6.45, 7) is 4.24. The van der Waals surface area contributed by atoms with Gasteiger partial charge < -0.3 is 14.7 Å². The van der Waals surface area contributed by atoms with Crippen molar-refractivity contribution < 1.29 is 14.6 Å². The maximum Gasteiger partial charge on any atom is 0.409 e. The van der Waals surface area contributed by atoms with Gasteiger partial charge in [-0.3, -0.25) is 0 Å². The molecule has 0 bridgehead atoms. The van der Waals surface area contributed by atoms with Crippen molar-refractivity contribution in [2.45, 2.75) is 32.5 Å². The van der Waals surface area contributed by atoms with Crippen LogP contribution in [0.1, 0.15) is 31.9 Å². The monoisotopic (exact) mass is 285 g/mol. The van der Waals surface area contributed by atoms with E-state index in [4.69, 9.17) is 16.3 Å². The Morgan fingerprint density at radius 1 is 1.47 bits per heavy atom. The van der Waals surface area contributed by atoms with Gasteiger partial charge in [-0.1, -0.05) is 36.7 Å². The molecule has 1 amide bonds. The van der Waals surface area contributed by atoms with Gasteiger partial charge in [0.25, 0.3) is 0 Å². The third-order valence-electron chi connectivity index (χ3n) is 2.83. The van der Waals surface area contributed by atoms with Crippen molar-refractivity contribution in [2.75, 3.05) is 13.6 Å². The van der Waals surface area contributed by atoms with Crippen LogP contribution >= 0.6 is 11.6 Å². The number of carbonyl (C=O) groups excluding carboxylic acids is 1. The molecular formula is C14H20ClNO3. The van der Waals surface area contributed by atoms with Gasteiger partial charge in [0, 0.05) is 24.2 Å². The predicted octanol–water partition coefficient (Wildman–Crippen LogP) is 3.24. The Bertz CT molecular complexity index is 425. The van der Waals surface area contributed by atoms with E-state index in [-0.39, 0.29) is 0 Å². The van der Waals surface area contributed by atoms with E-state index < -0.39 is 18.3 Å². The average molecular weight is 286 g/mol. The highest BCUT2D eigenvalue weighted by Gasteiger charge is 2.23. The van der Waals surface area contributed by atoms with E-state index in [2.05, 4.69) is 0 Å². The summed E-state index contributed by atoms with van der Waals surface area (Å²) in [4.78, 5) is 13.2. The number of hydrogen-bond donors (Lipinski definition) is 1. The van der Waals surface area contributed by atoms with Crippen LogP contribution in [0, 0.1) is 0 Å². The van der Waals surface area contributed by atoms with Gasteiger partial charge in [0.15, 0.2) is 0 Å². The van der Waals surface area contributed by atoms with E-state index in [0.29, 0.717) is 17.1 Å². The molecule has 0 saturated carbocycles. The van der Waals surface area contributed by atoms with Gasteiger partial charge in [-0.25, -0.2) is 4.79 Å². The first kappa shape index (κ1) is 15.8. The first-order valence-corrected chi connectivity index (χ1v) is 6.69. The Morgan fingerprint density at radius 2 is 2.11 bits per heavy atom. The fourth-order valence-electron chi connectivity index (χ4n) is 1.71. The Morgan fingerprint density at radius 3 is 2.68 bits per heavy atom. The van der Waals surface area contributed by atoms with E-state index in [1.54, 1.807) is 38.2 Å². The molecule has 0 aliphatic carbocycles. The van der Waals surface area contributed by atoms with Crippen LogP contribution in [0.4, 0.5) is 4.79 Å². The summed E-state index contributed by atoms with van der Waals surface area (Å²) in [5.41, 5.74) is 0.558. The van der Waals surface area contributed by atoms with Crippen molar-refractivity contribution in [3.8, 4) is 0 Å². The lowest BCUT2D eigenvalue weighted by Gasteiger charge is -2.23. The molecule has 106 valence electrons. The summed E-state index contributed by atoms with van der Waals surface area (Å²) in [5.74, 6) is 0. The zero-order valence-electron chi connectivity index (χ0n) is 11.5. The summed E-state index contributed by atoms with van der Waals surface area (Å²) in [6, 6.07) is 6.97. The summed E-state index contributed by atoms with van der Waals surface area (Å²) in [6.07, 6.45) is -1.19. The second kappa shape index (κ2) is 7.36. The summed E-state index contributed by atoms with van der Waals surface area (Å²) in [7, 11) is 1.67. The zero-order chi connectivity index (χ0) is 14.4. The molecule has 0 radical (unpaired) electrons. The minimum absolute atomic E-state index is 0.444. The Labute approximate surface area is 118 Å². The molecular weight excluding hydrogens is 266 g/mol. The zero-order valence-corrected chi connectivity index (χ0v) is 12.2. The molecule has 1 N–H and O–H groups in total. The minimum atomic E-state index is -0.937. The predicted molar refractivity (Wildman–Crippen MR) is 75.3 cm³/mol. The Kier molecular flexibility index (Phi) is 6.12. The molecule has 4 nitrogen and oxygen atoms in total. The largest absolute Gasteiger partial charge is 0.443 e. The third-order valence-corrected chi connectivity index (χ3v) is 3.17. The quantitative estimate of drug-likeness (QED) is 0.903. The number of aliphatic hydroxyl groups is 1. The van der Waals surface area contributed by atoms with Crippen molar-refractivity contribution >= 4 is 17.7 Å². The van der Waals surface area contributed by atoms with Gasteiger partial charge in [0.05, 0.1) is 0 Å². The highest BCUT2D eigenvalue weighted by molar-refractivity contribution is 6.31. The number of rotatable bonds is 5. The van der Waals surface area contributed by atoms with Crippen LogP contribution in [0.2, 0.25) is 5.02 Å². The highest BCUT2D eigenvalue weighted by atomic mass is 35.5. The molecule has 19 heavy (non-hydrogen) atoms. The molecule has 0 aromatic heterocycles. The summed E-state index contributed by atoms with van der Waals surface area (Å²) < 4.78 is 5.21. The Hall–Kier alpha value is -1.26. The molecule has 0 spiro atoms. The van der Waals surface area contributed by atoms with Crippen LogP contribution in [0.15, 0.2) is 24.3 Å². The van der Waals surface area contributed by atoms with Crippen LogP contribution in [0.3, 0.4) is 0 Å². The van der Waals surface area contributed by atoms with Crippen molar-refractivity contribution in [2.24, 2.45) is 0 Å². The van der Waals surface area contributed by atoms with Gasteiger partial charge in [0.1, 0.15) is 12.2 Å². The molecule has 0 aliphatic heterocycles. The van der Waals surface area contributed by atoms with Crippen LogP contribution in [0.25, 0.3) is 0 Å². The lowest BCUT2D eigenvalue weighted by Crippen LogP contribution is -2.33. The van der Waals surface area contributed by atoms with Crippen LogP contribution < -0.4 is 0 Å². The van der Waals surface area contributed by atoms with Gasteiger partial charge in [-0.05, 0) is 19.4 Å². The molecule has 1 aromatic carbocycles. The number of amides is 1. The van der Waals surface area contributed by atoms with Crippen molar-refractivity contribution in [1.29, 1.82) is 0 Å². The number of carbonyl (C=O) groups is 1. The highest BCUT2D eigenvalue weighted by Crippen LogP contribution is 2.26. The van der Waals surface area contributed by atoms with Gasteiger partial charge in [-0.2, -0.15) is 0 Å².